The number of anilines is 1. The van der Waals surface area contributed by atoms with E-state index in [2.05, 4.69) is 24.9 Å². The number of fused-ring (bicyclic) bond motifs is 2. The molecule has 2 fully saturated rings. The van der Waals surface area contributed by atoms with E-state index in [-0.39, 0.29) is 29.8 Å². The quantitative estimate of drug-likeness (QED) is 0.148. The van der Waals surface area contributed by atoms with Gasteiger partial charge in [0.2, 0.25) is 0 Å². The molecule has 4 unspecified atom stereocenters. The van der Waals surface area contributed by atoms with Gasteiger partial charge >= 0.3 is 16.1 Å². The SMILES string of the molecule is Nc1ncnc2c1ccn2[C@H]1CC(O[P+](=O)O)[C@@H](COP(=O)(O)OC2C[C@@H](CO)O[C@H]2n2cnc3c(=O)[nH]cnc32)O1. The van der Waals surface area contributed by atoms with Crippen molar-refractivity contribution in [2.45, 2.75) is 49.7 Å². The number of phosphoric ester groups is 1. The summed E-state index contributed by atoms with van der Waals surface area (Å²) in [6.45, 7) is -0.963. The second-order valence-corrected chi connectivity index (χ2v) is 11.6. The van der Waals surface area contributed by atoms with Crippen LogP contribution < -0.4 is 11.3 Å². The van der Waals surface area contributed by atoms with E-state index < -0.39 is 71.7 Å². The highest BCUT2D eigenvalue weighted by atomic mass is 31.2. The summed E-state index contributed by atoms with van der Waals surface area (Å²) < 4.78 is 55.1. The molecule has 21 heteroatoms. The normalized spacial score (nSPS) is 28.0. The molecule has 0 radical (unpaired) electrons. The number of nitrogen functional groups attached to an aromatic ring is 1. The van der Waals surface area contributed by atoms with Crippen LogP contribution in [0.2, 0.25) is 0 Å². The third kappa shape index (κ3) is 5.59. The molecule has 2 aliphatic heterocycles. The molecule has 0 aromatic carbocycles. The average Bonchev–Trinajstić information content (AvgIpc) is 3.72. The average molecular weight is 627 g/mol. The first-order valence-electron chi connectivity index (χ1n) is 12.5. The number of nitrogens with two attached hydrogens (primary N) is 1. The van der Waals surface area contributed by atoms with Crippen molar-refractivity contribution in [2.75, 3.05) is 18.9 Å². The maximum absolute atomic E-state index is 13.1. The summed E-state index contributed by atoms with van der Waals surface area (Å²) in [6.07, 6.45) is -0.304. The Morgan fingerprint density at radius 3 is 2.79 bits per heavy atom. The topological polar surface area (TPSA) is 261 Å². The molecule has 2 aliphatic rings. The van der Waals surface area contributed by atoms with Crippen LogP contribution in [0.5, 0.6) is 0 Å². The van der Waals surface area contributed by atoms with Crippen molar-refractivity contribution in [1.29, 1.82) is 0 Å². The number of nitrogens with zero attached hydrogens (tertiary/aromatic N) is 6. The Balaban J connectivity index is 1.17. The number of rotatable bonds is 10. The van der Waals surface area contributed by atoms with Crippen LogP contribution >= 0.6 is 16.1 Å². The molecule has 6 rings (SSSR count). The first-order valence-corrected chi connectivity index (χ1v) is 15.1. The van der Waals surface area contributed by atoms with E-state index >= 15 is 0 Å². The highest BCUT2D eigenvalue weighted by Gasteiger charge is 2.46. The fourth-order valence-electron chi connectivity index (χ4n) is 5.06. The van der Waals surface area contributed by atoms with Crippen LogP contribution in [0.4, 0.5) is 5.82 Å². The Kier molecular flexibility index (Phi) is 7.88. The number of ether oxygens (including phenoxy) is 2. The first kappa shape index (κ1) is 28.9. The zero-order valence-electron chi connectivity index (χ0n) is 21.4. The minimum atomic E-state index is -4.82. The number of nitrogens with one attached hydrogen (secondary N) is 1. The van der Waals surface area contributed by atoms with Crippen LogP contribution in [0, 0.1) is 0 Å². The third-order valence-corrected chi connectivity index (χ3v) is 8.38. The summed E-state index contributed by atoms with van der Waals surface area (Å²) in [5.41, 5.74) is 6.01. The number of phosphoric acid groups is 1. The van der Waals surface area contributed by atoms with Gasteiger partial charge in [-0.2, -0.15) is 0 Å². The molecule has 4 aromatic rings. The van der Waals surface area contributed by atoms with Gasteiger partial charge in [0, 0.05) is 23.6 Å². The van der Waals surface area contributed by atoms with Gasteiger partial charge in [0.25, 0.3) is 5.56 Å². The number of aromatic amines is 1. The fourth-order valence-corrected chi connectivity index (χ4v) is 6.44. The van der Waals surface area contributed by atoms with Crippen molar-refractivity contribution in [3.63, 3.8) is 0 Å². The molecule has 0 aliphatic carbocycles. The summed E-state index contributed by atoms with van der Waals surface area (Å²) in [5.74, 6) is 0.255. The molecule has 0 bridgehead atoms. The Hall–Kier alpha value is -3.22. The Morgan fingerprint density at radius 2 is 2.00 bits per heavy atom. The van der Waals surface area contributed by atoms with E-state index in [1.165, 1.54) is 23.5 Å². The molecule has 224 valence electrons. The molecule has 0 saturated carbocycles. The monoisotopic (exact) mass is 627 g/mol. The minimum absolute atomic E-state index is 0.00234. The second kappa shape index (κ2) is 11.5. The van der Waals surface area contributed by atoms with Crippen LogP contribution in [0.3, 0.4) is 0 Å². The summed E-state index contributed by atoms with van der Waals surface area (Å²) in [4.78, 5) is 50.7. The fraction of sp³-hybridized carbons (Fsp3) is 0.476. The second-order valence-electron chi connectivity index (χ2n) is 9.50. The zero-order chi connectivity index (χ0) is 29.6. The lowest BCUT2D eigenvalue weighted by Crippen LogP contribution is -2.28. The first-order chi connectivity index (χ1) is 20.1. The molecule has 0 amide bonds. The van der Waals surface area contributed by atoms with Crippen LogP contribution in [-0.4, -0.2) is 86.6 Å². The van der Waals surface area contributed by atoms with E-state index in [0.717, 1.165) is 0 Å². The predicted molar refractivity (Wildman–Crippen MR) is 140 cm³/mol. The van der Waals surface area contributed by atoms with Gasteiger partial charge in [-0.05, 0) is 6.07 Å². The van der Waals surface area contributed by atoms with Crippen LogP contribution in [0.15, 0.2) is 36.0 Å². The van der Waals surface area contributed by atoms with Crippen molar-refractivity contribution >= 4 is 44.1 Å². The number of aliphatic hydroxyl groups excluding tert-OH is 1. The van der Waals surface area contributed by atoms with Crippen molar-refractivity contribution in [2.24, 2.45) is 0 Å². The van der Waals surface area contributed by atoms with E-state index in [9.17, 15) is 28.8 Å². The Bertz CT molecular complexity index is 1730. The highest BCUT2D eigenvalue weighted by molar-refractivity contribution is 7.47. The lowest BCUT2D eigenvalue weighted by molar-refractivity contribution is -0.0578. The summed E-state index contributed by atoms with van der Waals surface area (Å²) in [7, 11) is -7.86. The largest absolute Gasteiger partial charge is 0.695 e. The van der Waals surface area contributed by atoms with E-state index in [4.69, 9.17) is 28.8 Å². The number of hydrogen-bond acceptors (Lipinski definition) is 14. The van der Waals surface area contributed by atoms with Crippen molar-refractivity contribution < 1.29 is 47.1 Å². The number of imidazole rings is 1. The Morgan fingerprint density at radius 1 is 1.17 bits per heavy atom. The van der Waals surface area contributed by atoms with E-state index in [0.29, 0.717) is 11.0 Å². The van der Waals surface area contributed by atoms with Gasteiger partial charge in [-0.25, -0.2) is 24.5 Å². The van der Waals surface area contributed by atoms with Gasteiger partial charge in [-0.15, -0.1) is 9.42 Å². The number of hydrogen-bond donors (Lipinski definition) is 5. The van der Waals surface area contributed by atoms with Crippen LogP contribution in [0.1, 0.15) is 25.3 Å². The molecular formula is C21H25N8O11P2+. The molecular weight excluding hydrogens is 602 g/mol. The van der Waals surface area contributed by atoms with Crippen LogP contribution in [-0.2, 0) is 32.2 Å². The lowest BCUT2D eigenvalue weighted by Gasteiger charge is -2.23. The van der Waals surface area contributed by atoms with Gasteiger partial charge in [-0.3, -0.25) is 18.4 Å². The molecule has 6 heterocycles. The van der Waals surface area contributed by atoms with E-state index in [1.807, 2.05) is 0 Å². The minimum Gasteiger partial charge on any atom is -0.394 e. The molecule has 6 N–H and O–H groups in total. The van der Waals surface area contributed by atoms with Gasteiger partial charge < -0.3 is 34.8 Å². The van der Waals surface area contributed by atoms with Gasteiger partial charge in [0.05, 0.1) is 37.4 Å². The van der Waals surface area contributed by atoms with Crippen LogP contribution in [0.25, 0.3) is 22.2 Å². The molecule has 19 nitrogen and oxygen atoms in total. The number of H-pyrrole nitrogens is 1. The molecule has 42 heavy (non-hydrogen) atoms. The van der Waals surface area contributed by atoms with E-state index in [1.54, 1.807) is 16.8 Å². The van der Waals surface area contributed by atoms with Crippen molar-refractivity contribution in [3.05, 3.63) is 41.6 Å². The summed E-state index contributed by atoms with van der Waals surface area (Å²) in [5, 5.41) is 10.2. The maximum atomic E-state index is 13.1. The molecule has 2 saturated heterocycles. The summed E-state index contributed by atoms with van der Waals surface area (Å²) >= 11 is 0. The van der Waals surface area contributed by atoms with Gasteiger partial charge in [-0.1, -0.05) is 0 Å². The highest BCUT2D eigenvalue weighted by Crippen LogP contribution is 2.50. The number of aromatic nitrogens is 7. The molecule has 4 aromatic heterocycles. The third-order valence-electron chi connectivity index (χ3n) is 6.92. The smallest absolute Gasteiger partial charge is 0.394 e. The van der Waals surface area contributed by atoms with Gasteiger partial charge in [0.15, 0.2) is 17.4 Å². The number of aliphatic hydroxyl groups is 1. The zero-order valence-corrected chi connectivity index (χ0v) is 23.2. The molecule has 0 spiro atoms. The standard InChI is InChI=1S/C21H24N8O11P2/c22-17-11-1-2-28(18(11)24-7-23-17)15-4-12(39-41(32)33)14(38-15)6-36-42(34,35)40-13-3-10(5-30)37-21(13)29-9-27-16-19(29)25-8-26-20(16)31/h1-2,7-10,12-15,21,30H,3-6H2,(H4-,22,23,24,25,26,31,32,33,34,35)/p+1/t10-,12?,13?,14+,15+,21+/m0/s1. The Labute approximate surface area is 235 Å². The van der Waals surface area contributed by atoms with Crippen molar-refractivity contribution in [1.82, 2.24) is 34.1 Å². The lowest BCUT2D eigenvalue weighted by atomic mass is 10.2. The van der Waals surface area contributed by atoms with Crippen molar-refractivity contribution in [3.8, 4) is 0 Å². The maximum Gasteiger partial charge on any atom is 0.695 e. The molecule has 8 atom stereocenters. The van der Waals surface area contributed by atoms with Gasteiger partial charge in [0.1, 0.15) is 42.3 Å². The predicted octanol–water partition coefficient (Wildman–Crippen LogP) is 0.251. The summed E-state index contributed by atoms with van der Waals surface area (Å²) in [6, 6.07) is 1.69.